The highest BCUT2D eigenvalue weighted by atomic mass is 35.5. The highest BCUT2D eigenvalue weighted by molar-refractivity contribution is 6.39. The molecule has 1 aliphatic heterocycles. The molecule has 4 amide bonds. The van der Waals surface area contributed by atoms with Gasteiger partial charge in [0.2, 0.25) is 5.91 Å². The van der Waals surface area contributed by atoms with Crippen LogP contribution in [0.1, 0.15) is 51.5 Å². The van der Waals surface area contributed by atoms with Gasteiger partial charge in [-0.2, -0.15) is 0 Å². The van der Waals surface area contributed by atoms with Crippen LogP contribution >= 0.6 is 23.2 Å². The number of nitrogens with zero attached hydrogens (tertiary/aromatic N) is 2. The molecule has 2 N–H and O–H groups in total. The van der Waals surface area contributed by atoms with E-state index in [1.165, 1.54) is 4.90 Å². The van der Waals surface area contributed by atoms with Gasteiger partial charge in [0.05, 0.1) is 15.7 Å². The molecule has 10 heteroatoms. The summed E-state index contributed by atoms with van der Waals surface area (Å²) in [5.74, 6) is 0.140. The summed E-state index contributed by atoms with van der Waals surface area (Å²) in [4.78, 5) is 40.2. The first-order valence-corrected chi connectivity index (χ1v) is 13.0. The largest absolute Gasteiger partial charge is 0.444 e. The van der Waals surface area contributed by atoms with Crippen molar-refractivity contribution in [3.63, 3.8) is 0 Å². The number of piperidine rings is 1. The van der Waals surface area contributed by atoms with Gasteiger partial charge in [-0.15, -0.1) is 0 Å². The standard InChI is InChI=1S/C27H34Cl2N4O4/c1-27(2,3)37-26(36)32(4)15-14-23(34)30-20-10-8-18(9-11-20)19-12-16-33(17-13-19)25(35)31-24-21(28)6-5-7-22(24)29/h5-11,19H,12-17H2,1-4H3,(H,30,34)(H,31,35). The summed E-state index contributed by atoms with van der Waals surface area (Å²) in [7, 11) is 1.61. The van der Waals surface area contributed by atoms with Gasteiger partial charge in [-0.1, -0.05) is 41.4 Å². The number of hydrogen-bond donors (Lipinski definition) is 2. The first-order chi connectivity index (χ1) is 17.4. The van der Waals surface area contributed by atoms with Crippen molar-refractivity contribution in [3.05, 3.63) is 58.1 Å². The Morgan fingerprint density at radius 3 is 2.16 bits per heavy atom. The molecule has 0 unspecified atom stereocenters. The highest BCUT2D eigenvalue weighted by Crippen LogP contribution is 2.32. The Kier molecular flexibility index (Phi) is 9.68. The number of anilines is 2. The van der Waals surface area contributed by atoms with Gasteiger partial charge in [0.25, 0.3) is 0 Å². The maximum Gasteiger partial charge on any atom is 0.410 e. The third-order valence-corrected chi connectivity index (χ3v) is 6.65. The van der Waals surface area contributed by atoms with E-state index in [0.29, 0.717) is 40.4 Å². The fraction of sp³-hybridized carbons (Fsp3) is 0.444. The van der Waals surface area contributed by atoms with Crippen LogP contribution in [-0.4, -0.2) is 60.1 Å². The molecule has 8 nitrogen and oxygen atoms in total. The van der Waals surface area contributed by atoms with Crippen molar-refractivity contribution in [3.8, 4) is 0 Å². The molecule has 0 aliphatic carbocycles. The lowest BCUT2D eigenvalue weighted by atomic mass is 9.89. The number of ether oxygens (including phenoxy) is 1. The van der Waals surface area contributed by atoms with Crippen LogP contribution in [0.3, 0.4) is 0 Å². The average molecular weight is 549 g/mol. The Hall–Kier alpha value is -2.97. The van der Waals surface area contributed by atoms with Crippen LogP contribution in [0.2, 0.25) is 10.0 Å². The third-order valence-electron chi connectivity index (χ3n) is 6.02. The molecule has 0 aromatic heterocycles. The van der Waals surface area contributed by atoms with Crippen LogP contribution in [0.4, 0.5) is 21.0 Å². The fourth-order valence-corrected chi connectivity index (χ4v) is 4.47. The molecule has 0 radical (unpaired) electrons. The SMILES string of the molecule is CN(CCC(=O)Nc1ccc(C2CCN(C(=O)Nc3c(Cl)cccc3Cl)CC2)cc1)C(=O)OC(C)(C)C. The van der Waals surface area contributed by atoms with Crippen molar-refractivity contribution >= 4 is 52.6 Å². The van der Waals surface area contributed by atoms with Gasteiger partial charge in [-0.05, 0) is 69.4 Å². The molecule has 2 aromatic rings. The third kappa shape index (κ3) is 8.54. The first kappa shape index (κ1) is 28.6. The van der Waals surface area contributed by atoms with Crippen molar-refractivity contribution in [1.29, 1.82) is 0 Å². The van der Waals surface area contributed by atoms with Crippen molar-refractivity contribution in [1.82, 2.24) is 9.80 Å². The molecule has 0 atom stereocenters. The van der Waals surface area contributed by atoms with Crippen molar-refractivity contribution in [2.75, 3.05) is 37.3 Å². The fourth-order valence-electron chi connectivity index (χ4n) is 3.98. The van der Waals surface area contributed by atoms with Crippen LogP contribution in [0.15, 0.2) is 42.5 Å². The van der Waals surface area contributed by atoms with E-state index in [0.717, 1.165) is 18.4 Å². The van der Waals surface area contributed by atoms with E-state index in [-0.39, 0.29) is 24.9 Å². The summed E-state index contributed by atoms with van der Waals surface area (Å²) in [5, 5.41) is 6.49. The molecule has 1 aliphatic rings. The molecule has 2 aromatic carbocycles. The number of nitrogens with one attached hydrogen (secondary N) is 2. The average Bonchev–Trinajstić information content (AvgIpc) is 2.84. The minimum Gasteiger partial charge on any atom is -0.444 e. The summed E-state index contributed by atoms with van der Waals surface area (Å²) in [5.41, 5.74) is 1.70. The lowest BCUT2D eigenvalue weighted by Gasteiger charge is -2.32. The number of likely N-dealkylation sites (tertiary alicyclic amines) is 1. The molecule has 1 heterocycles. The Labute approximate surface area is 228 Å². The summed E-state index contributed by atoms with van der Waals surface area (Å²) in [6, 6.07) is 12.6. The zero-order valence-corrected chi connectivity index (χ0v) is 23.2. The highest BCUT2D eigenvalue weighted by Gasteiger charge is 2.25. The Balaban J connectivity index is 1.44. The Morgan fingerprint density at radius 2 is 1.59 bits per heavy atom. The van der Waals surface area contributed by atoms with Gasteiger partial charge < -0.3 is 25.2 Å². The lowest BCUT2D eigenvalue weighted by Crippen LogP contribution is -2.40. The summed E-state index contributed by atoms with van der Waals surface area (Å²) in [6.07, 6.45) is 1.36. The predicted octanol–water partition coefficient (Wildman–Crippen LogP) is 6.60. The number of carbonyl (C=O) groups excluding carboxylic acids is 3. The molecule has 1 fully saturated rings. The van der Waals surface area contributed by atoms with E-state index in [2.05, 4.69) is 10.6 Å². The summed E-state index contributed by atoms with van der Waals surface area (Å²) >= 11 is 12.3. The number of urea groups is 1. The van der Waals surface area contributed by atoms with E-state index >= 15 is 0 Å². The second-order valence-corrected chi connectivity index (χ2v) is 10.9. The molecule has 200 valence electrons. The molecule has 1 saturated heterocycles. The van der Waals surface area contributed by atoms with Crippen LogP contribution in [-0.2, 0) is 9.53 Å². The quantitative estimate of drug-likeness (QED) is 0.425. The summed E-state index contributed by atoms with van der Waals surface area (Å²) in [6.45, 7) is 6.88. The van der Waals surface area contributed by atoms with Gasteiger partial charge in [0.15, 0.2) is 0 Å². The van der Waals surface area contributed by atoms with Crippen LogP contribution < -0.4 is 10.6 Å². The molecule has 37 heavy (non-hydrogen) atoms. The number of halogens is 2. The number of para-hydroxylation sites is 1. The van der Waals surface area contributed by atoms with Crippen LogP contribution in [0.25, 0.3) is 0 Å². The molecule has 0 spiro atoms. The topological polar surface area (TPSA) is 91.0 Å². The molecular weight excluding hydrogens is 515 g/mol. The molecule has 0 saturated carbocycles. The molecular formula is C27H34Cl2N4O4. The van der Waals surface area contributed by atoms with E-state index in [4.69, 9.17) is 27.9 Å². The van der Waals surface area contributed by atoms with Gasteiger partial charge in [0, 0.05) is 38.8 Å². The van der Waals surface area contributed by atoms with Gasteiger partial charge in [-0.3, -0.25) is 4.79 Å². The minimum absolute atomic E-state index is 0.164. The molecule has 3 rings (SSSR count). The van der Waals surface area contributed by atoms with Crippen molar-refractivity contribution < 1.29 is 19.1 Å². The maximum atomic E-state index is 12.7. The Bertz CT molecular complexity index is 1090. The smallest absolute Gasteiger partial charge is 0.410 e. The van der Waals surface area contributed by atoms with Crippen LogP contribution in [0, 0.1) is 0 Å². The van der Waals surface area contributed by atoms with Crippen LogP contribution in [0.5, 0.6) is 0 Å². The van der Waals surface area contributed by atoms with Crippen molar-refractivity contribution in [2.45, 2.75) is 51.6 Å². The number of carbonyl (C=O) groups is 3. The summed E-state index contributed by atoms with van der Waals surface area (Å²) < 4.78 is 5.30. The monoisotopic (exact) mass is 548 g/mol. The minimum atomic E-state index is -0.580. The number of hydrogen-bond acceptors (Lipinski definition) is 4. The molecule has 0 bridgehead atoms. The second-order valence-electron chi connectivity index (χ2n) is 10.1. The number of amides is 4. The number of rotatable bonds is 6. The van der Waals surface area contributed by atoms with E-state index in [9.17, 15) is 14.4 Å². The Morgan fingerprint density at radius 1 is 1.00 bits per heavy atom. The van der Waals surface area contributed by atoms with Gasteiger partial charge in [-0.25, -0.2) is 9.59 Å². The van der Waals surface area contributed by atoms with Crippen molar-refractivity contribution in [2.24, 2.45) is 0 Å². The zero-order valence-electron chi connectivity index (χ0n) is 21.6. The number of benzene rings is 2. The first-order valence-electron chi connectivity index (χ1n) is 12.3. The predicted molar refractivity (Wildman–Crippen MR) is 148 cm³/mol. The van der Waals surface area contributed by atoms with E-state index in [1.54, 1.807) is 50.9 Å². The normalized spacial score (nSPS) is 14.2. The maximum absolute atomic E-state index is 12.7. The second kappa shape index (κ2) is 12.5. The van der Waals surface area contributed by atoms with Gasteiger partial charge in [0.1, 0.15) is 5.60 Å². The lowest BCUT2D eigenvalue weighted by molar-refractivity contribution is -0.116. The zero-order chi connectivity index (χ0) is 27.2. The van der Waals surface area contributed by atoms with E-state index < -0.39 is 11.7 Å². The van der Waals surface area contributed by atoms with Gasteiger partial charge >= 0.3 is 12.1 Å². The van der Waals surface area contributed by atoms with E-state index in [1.807, 2.05) is 24.3 Å².